The summed E-state index contributed by atoms with van der Waals surface area (Å²) in [4.78, 5) is 9.16. The van der Waals surface area contributed by atoms with Gasteiger partial charge in [-0.25, -0.2) is 0 Å². The first-order valence-corrected chi connectivity index (χ1v) is 8.97. The van der Waals surface area contributed by atoms with Crippen LogP contribution in [0.1, 0.15) is 22.3 Å². The molecule has 0 aliphatic heterocycles. The molecule has 0 saturated heterocycles. The maximum absolute atomic E-state index is 6.06. The van der Waals surface area contributed by atoms with Gasteiger partial charge in [0.25, 0.3) is 0 Å². The summed E-state index contributed by atoms with van der Waals surface area (Å²) in [7, 11) is 0. The van der Waals surface area contributed by atoms with Crippen LogP contribution >= 0.6 is 0 Å². The van der Waals surface area contributed by atoms with Crippen LogP contribution in [-0.2, 0) is 15.6 Å². The molecule has 0 radical (unpaired) electrons. The molecule has 0 aliphatic rings. The first-order chi connectivity index (χ1) is 12.4. The van der Waals surface area contributed by atoms with Gasteiger partial charge in [-0.2, -0.15) is 0 Å². The van der Waals surface area contributed by atoms with E-state index < -0.39 is 0 Å². The van der Waals surface area contributed by atoms with Crippen molar-refractivity contribution in [1.29, 1.82) is 0 Å². The molecule has 2 heterocycles. The van der Waals surface area contributed by atoms with Crippen molar-refractivity contribution in [2.24, 2.45) is 0 Å². The fourth-order valence-corrected chi connectivity index (χ4v) is 3.94. The van der Waals surface area contributed by atoms with Gasteiger partial charge in [-0.15, -0.1) is 0 Å². The van der Waals surface area contributed by atoms with E-state index in [2.05, 4.69) is 74.1 Å². The second kappa shape index (κ2) is 6.35. The Balaban J connectivity index is 2.11. The monoisotopic (exact) mass is 391 g/mol. The summed E-state index contributed by atoms with van der Waals surface area (Å²) in [6, 6.07) is 12.8. The van der Waals surface area contributed by atoms with Crippen LogP contribution in [0.4, 0.5) is 0 Å². The van der Waals surface area contributed by atoms with Crippen LogP contribution in [0.25, 0.3) is 22.7 Å². The van der Waals surface area contributed by atoms with Crippen LogP contribution in [0.15, 0.2) is 48.8 Å². The van der Waals surface area contributed by atoms with Crippen LogP contribution in [0.3, 0.4) is 0 Å². The van der Waals surface area contributed by atoms with E-state index in [1.807, 2.05) is 9.13 Å². The maximum atomic E-state index is 6.06. The van der Waals surface area contributed by atoms with Crippen molar-refractivity contribution in [1.82, 2.24) is 19.1 Å². The SMILES string of the molecule is Cc1cc(C)cc(-n2[c](=[Cu])n(-c3cc(C)cc(C)c3)c3nccnc32)c1. The topological polar surface area (TPSA) is 35.6 Å². The number of hydrogen-bond acceptors (Lipinski definition) is 2. The van der Waals surface area contributed by atoms with E-state index in [9.17, 15) is 0 Å². The Labute approximate surface area is 160 Å². The standard InChI is InChI=1S/C21H20N4.Cu/c1-14-7-15(2)10-18(9-14)24-13-25(21-20(24)22-5-6-23-21)19-11-16(3)8-17(4)12-19;/h5-12H,1-4H3;. The van der Waals surface area contributed by atoms with E-state index in [1.165, 1.54) is 22.3 Å². The predicted octanol–water partition coefficient (Wildman–Crippen LogP) is 4.52. The molecule has 4 aromatic rings. The summed E-state index contributed by atoms with van der Waals surface area (Å²) in [5.74, 6) is 0. The Hall–Kier alpha value is -2.49. The summed E-state index contributed by atoms with van der Waals surface area (Å²) in [5.41, 5.74) is 8.30. The van der Waals surface area contributed by atoms with Gasteiger partial charge in [0.2, 0.25) is 0 Å². The van der Waals surface area contributed by atoms with E-state index in [0.717, 1.165) is 22.7 Å². The number of rotatable bonds is 2. The summed E-state index contributed by atoms with van der Waals surface area (Å²) < 4.78 is 4.65. The second-order valence-electron chi connectivity index (χ2n) is 6.80. The molecular weight excluding hydrogens is 372 g/mol. The molecule has 0 fully saturated rings. The molecule has 0 N–H and O–H groups in total. The van der Waals surface area contributed by atoms with Gasteiger partial charge in [-0.3, -0.25) is 0 Å². The average molecular weight is 392 g/mol. The van der Waals surface area contributed by atoms with Crippen molar-refractivity contribution >= 4 is 11.3 Å². The molecule has 4 rings (SSSR count). The molecule has 135 valence electrons. The first kappa shape index (κ1) is 17.0. The average Bonchev–Trinajstić information content (AvgIpc) is 2.84. The third kappa shape index (κ3) is 2.83. The third-order valence-corrected chi connectivity index (χ3v) is 4.77. The van der Waals surface area contributed by atoms with Crippen molar-refractivity contribution in [2.75, 3.05) is 0 Å². The predicted molar refractivity (Wildman–Crippen MR) is 100 cm³/mol. The van der Waals surface area contributed by atoms with E-state index in [4.69, 9.17) is 15.6 Å². The second-order valence-corrected chi connectivity index (χ2v) is 7.22. The van der Waals surface area contributed by atoms with Gasteiger partial charge < -0.3 is 0 Å². The minimum absolute atomic E-state index is 0.647. The van der Waals surface area contributed by atoms with Crippen LogP contribution < -0.4 is 0 Å². The van der Waals surface area contributed by atoms with Crippen LogP contribution in [0.2, 0.25) is 0 Å². The molecule has 0 atom stereocenters. The van der Waals surface area contributed by atoms with E-state index in [0.29, 0.717) is 4.32 Å². The Morgan fingerprint density at radius 2 is 0.962 bits per heavy atom. The molecule has 2 aromatic heterocycles. The zero-order valence-electron chi connectivity index (χ0n) is 15.2. The number of benzene rings is 2. The molecule has 0 saturated carbocycles. The van der Waals surface area contributed by atoms with Crippen molar-refractivity contribution in [3.8, 4) is 11.4 Å². The van der Waals surface area contributed by atoms with Gasteiger partial charge in [0.05, 0.1) is 0 Å². The zero-order chi connectivity index (χ0) is 18.4. The van der Waals surface area contributed by atoms with Gasteiger partial charge in [0.15, 0.2) is 0 Å². The zero-order valence-corrected chi connectivity index (χ0v) is 16.2. The Kier molecular flexibility index (Phi) is 4.14. The molecule has 0 aliphatic carbocycles. The number of aryl methyl sites for hydroxylation is 4. The molecule has 2 aromatic carbocycles. The number of fused-ring (bicyclic) bond motifs is 1. The minimum atomic E-state index is 0.647. The molecule has 26 heavy (non-hydrogen) atoms. The van der Waals surface area contributed by atoms with Crippen LogP contribution in [-0.4, -0.2) is 19.1 Å². The van der Waals surface area contributed by atoms with Gasteiger partial charge in [-0.05, 0) is 0 Å². The Morgan fingerprint density at radius 1 is 0.615 bits per heavy atom. The van der Waals surface area contributed by atoms with Gasteiger partial charge in [-0.1, -0.05) is 0 Å². The van der Waals surface area contributed by atoms with E-state index in [1.54, 1.807) is 12.4 Å². The molecule has 5 heteroatoms. The molecule has 0 spiro atoms. The summed E-state index contributed by atoms with van der Waals surface area (Å²) in [5, 5.41) is 0. The van der Waals surface area contributed by atoms with Crippen molar-refractivity contribution in [2.45, 2.75) is 27.7 Å². The Bertz CT molecular complexity index is 1070. The fraction of sp³-hybridized carbons (Fsp3) is 0.190. The van der Waals surface area contributed by atoms with Crippen LogP contribution in [0, 0.1) is 32.0 Å². The van der Waals surface area contributed by atoms with Crippen molar-refractivity contribution in [3.05, 3.63) is 75.4 Å². The molecule has 4 nitrogen and oxygen atoms in total. The van der Waals surface area contributed by atoms with Gasteiger partial charge in [0.1, 0.15) is 0 Å². The molecule has 0 amide bonds. The molecule has 0 bridgehead atoms. The van der Waals surface area contributed by atoms with Crippen molar-refractivity contribution in [3.63, 3.8) is 0 Å². The van der Waals surface area contributed by atoms with Crippen LogP contribution in [0.5, 0.6) is 0 Å². The quantitative estimate of drug-likeness (QED) is 0.471. The third-order valence-electron chi connectivity index (χ3n) is 4.35. The summed E-state index contributed by atoms with van der Waals surface area (Å²) >= 11 is 6.06. The normalized spacial score (nSPS) is 11.3. The molecule has 0 unspecified atom stereocenters. The van der Waals surface area contributed by atoms with Gasteiger partial charge in [0, 0.05) is 0 Å². The fourth-order valence-electron chi connectivity index (χ4n) is 3.49. The van der Waals surface area contributed by atoms with Crippen molar-refractivity contribution < 1.29 is 15.6 Å². The Morgan fingerprint density at radius 3 is 1.31 bits per heavy atom. The number of nitrogens with zero attached hydrogens (tertiary/aromatic N) is 4. The van der Waals surface area contributed by atoms with Gasteiger partial charge >= 0.3 is 160 Å². The van der Waals surface area contributed by atoms with E-state index in [-0.39, 0.29) is 0 Å². The number of hydrogen-bond donors (Lipinski definition) is 0. The first-order valence-electron chi connectivity index (χ1n) is 8.50. The number of aromatic nitrogens is 4. The van der Waals surface area contributed by atoms with E-state index >= 15 is 0 Å². The summed E-state index contributed by atoms with van der Waals surface area (Å²) in [6.45, 7) is 8.36. The summed E-state index contributed by atoms with van der Waals surface area (Å²) in [6.07, 6.45) is 3.42. The molecular formula is C21H20CuN4. The number of imidazole rings is 1.